The minimum absolute atomic E-state index is 0.279. The van der Waals surface area contributed by atoms with Crippen molar-refractivity contribution in [3.05, 3.63) is 39.3 Å². The fourth-order valence-electron chi connectivity index (χ4n) is 1.77. The zero-order valence-corrected chi connectivity index (χ0v) is 14.0. The van der Waals surface area contributed by atoms with Crippen LogP contribution in [-0.4, -0.2) is 16.5 Å². The van der Waals surface area contributed by atoms with Gasteiger partial charge in [-0.05, 0) is 41.4 Å². The van der Waals surface area contributed by atoms with Crippen molar-refractivity contribution >= 4 is 44.9 Å². The molecule has 0 aliphatic heterocycles. The number of aromatic nitrogens is 2. The minimum atomic E-state index is -0.401. The molecule has 1 aromatic heterocycles. The lowest BCUT2D eigenvalue weighted by molar-refractivity contribution is 0.627. The summed E-state index contributed by atoms with van der Waals surface area (Å²) < 4.78 is 13.8. The molecule has 0 aliphatic carbocycles. The molecule has 2 aromatic rings. The van der Waals surface area contributed by atoms with Crippen LogP contribution in [0.25, 0.3) is 0 Å². The molecule has 0 saturated carbocycles. The first kappa shape index (κ1) is 16.0. The molecule has 21 heavy (non-hydrogen) atoms. The van der Waals surface area contributed by atoms with Crippen LogP contribution in [-0.2, 0) is 0 Å². The van der Waals surface area contributed by atoms with Crippen LogP contribution >= 0.6 is 27.5 Å². The average Bonchev–Trinajstić information content (AvgIpc) is 2.40. The summed E-state index contributed by atoms with van der Waals surface area (Å²) in [5.74, 6) is 1.56. The number of anilines is 3. The monoisotopic (exact) mass is 372 g/mol. The maximum absolute atomic E-state index is 13.2. The Morgan fingerprint density at radius 1 is 1.24 bits per heavy atom. The smallest absolute Gasteiger partial charge is 0.136 e. The molecule has 0 aliphatic rings. The Balaban J connectivity index is 2.29. The van der Waals surface area contributed by atoms with E-state index in [0.29, 0.717) is 21.8 Å². The van der Waals surface area contributed by atoms with Gasteiger partial charge in [-0.25, -0.2) is 14.4 Å². The van der Waals surface area contributed by atoms with E-state index in [2.05, 4.69) is 43.5 Å². The van der Waals surface area contributed by atoms with Gasteiger partial charge in [0.15, 0.2) is 0 Å². The van der Waals surface area contributed by atoms with Gasteiger partial charge in [-0.1, -0.05) is 18.5 Å². The van der Waals surface area contributed by atoms with E-state index in [1.165, 1.54) is 12.1 Å². The molecular weight excluding hydrogens is 359 g/mol. The maximum Gasteiger partial charge on any atom is 0.136 e. The zero-order chi connectivity index (χ0) is 15.4. The third-order valence-corrected chi connectivity index (χ3v) is 3.58. The van der Waals surface area contributed by atoms with Crippen molar-refractivity contribution in [3.63, 3.8) is 0 Å². The molecule has 0 saturated heterocycles. The molecule has 0 fully saturated rings. The molecule has 2 rings (SSSR count). The van der Waals surface area contributed by atoms with Crippen molar-refractivity contribution in [2.24, 2.45) is 0 Å². The van der Waals surface area contributed by atoms with Crippen molar-refractivity contribution in [2.45, 2.75) is 20.3 Å². The second-order valence-electron chi connectivity index (χ2n) is 4.48. The van der Waals surface area contributed by atoms with Gasteiger partial charge < -0.3 is 10.6 Å². The Bertz CT molecular complexity index is 628. The second-order valence-corrected chi connectivity index (χ2v) is 5.74. The van der Waals surface area contributed by atoms with E-state index in [1.54, 1.807) is 6.07 Å². The Hall–Kier alpha value is -1.40. The molecular formula is C14H15BrClFN4. The molecule has 0 unspecified atom stereocenters. The van der Waals surface area contributed by atoms with Crippen molar-refractivity contribution in [1.82, 2.24) is 9.97 Å². The number of nitrogens with zero attached hydrogens (tertiary/aromatic N) is 2. The molecule has 1 heterocycles. The van der Waals surface area contributed by atoms with Gasteiger partial charge in [0.1, 0.15) is 23.3 Å². The first-order valence-electron chi connectivity index (χ1n) is 6.50. The van der Waals surface area contributed by atoms with Crippen LogP contribution < -0.4 is 10.6 Å². The number of benzene rings is 1. The largest absolute Gasteiger partial charge is 0.370 e. The minimum Gasteiger partial charge on any atom is -0.370 e. The molecule has 2 N–H and O–H groups in total. The van der Waals surface area contributed by atoms with Gasteiger partial charge in [0.25, 0.3) is 0 Å². The average molecular weight is 374 g/mol. The molecule has 1 aromatic carbocycles. The van der Waals surface area contributed by atoms with E-state index >= 15 is 0 Å². The quantitative estimate of drug-likeness (QED) is 0.782. The van der Waals surface area contributed by atoms with Gasteiger partial charge in [-0.15, -0.1) is 0 Å². The molecule has 0 bridgehead atoms. The zero-order valence-electron chi connectivity index (χ0n) is 11.7. The van der Waals surface area contributed by atoms with Crippen LogP contribution in [0.1, 0.15) is 19.2 Å². The van der Waals surface area contributed by atoms with Gasteiger partial charge in [0, 0.05) is 17.1 Å². The molecule has 0 amide bonds. The van der Waals surface area contributed by atoms with Crippen LogP contribution in [0.4, 0.5) is 21.7 Å². The first-order valence-corrected chi connectivity index (χ1v) is 7.68. The van der Waals surface area contributed by atoms with Crippen molar-refractivity contribution in [2.75, 3.05) is 17.2 Å². The van der Waals surface area contributed by atoms with E-state index in [4.69, 9.17) is 11.6 Å². The number of hydrogen-bond donors (Lipinski definition) is 2. The van der Waals surface area contributed by atoms with Crippen molar-refractivity contribution < 1.29 is 4.39 Å². The summed E-state index contributed by atoms with van der Waals surface area (Å²) in [5, 5.41) is 6.57. The third kappa shape index (κ3) is 4.28. The van der Waals surface area contributed by atoms with E-state index in [1.807, 2.05) is 6.92 Å². The lowest BCUT2D eigenvalue weighted by Gasteiger charge is -2.12. The maximum atomic E-state index is 13.2. The molecule has 0 atom stereocenters. The van der Waals surface area contributed by atoms with Gasteiger partial charge in [-0.3, -0.25) is 0 Å². The topological polar surface area (TPSA) is 49.8 Å². The van der Waals surface area contributed by atoms with E-state index in [0.717, 1.165) is 18.8 Å². The fraction of sp³-hybridized carbons (Fsp3) is 0.286. The summed E-state index contributed by atoms with van der Waals surface area (Å²) in [5.41, 5.74) is 0.567. The Morgan fingerprint density at radius 3 is 2.62 bits per heavy atom. The van der Waals surface area contributed by atoms with Gasteiger partial charge >= 0.3 is 0 Å². The third-order valence-electron chi connectivity index (χ3n) is 2.65. The van der Waals surface area contributed by atoms with E-state index in [9.17, 15) is 4.39 Å². The van der Waals surface area contributed by atoms with Crippen LogP contribution in [0.2, 0.25) is 5.02 Å². The van der Waals surface area contributed by atoms with Crippen LogP contribution in [0, 0.1) is 12.7 Å². The summed E-state index contributed by atoms with van der Waals surface area (Å²) in [6.07, 6.45) is 1.00. The summed E-state index contributed by atoms with van der Waals surface area (Å²) in [6, 6.07) is 4.38. The van der Waals surface area contributed by atoms with Gasteiger partial charge in [0.2, 0.25) is 0 Å². The standard InChI is InChI=1S/C14H15BrClFN4/c1-3-4-18-12-7-13(20-8(2)19-12)21-14-10(15)5-9(17)6-11(14)16/h5-7H,3-4H2,1-2H3,(H2,18,19,20,21). The van der Waals surface area contributed by atoms with Gasteiger partial charge in [-0.2, -0.15) is 0 Å². The Kier molecular flexibility index (Phi) is 5.36. The fourth-order valence-corrected chi connectivity index (χ4v) is 2.66. The predicted molar refractivity (Wildman–Crippen MR) is 87.9 cm³/mol. The molecule has 112 valence electrons. The number of halogens is 3. The number of hydrogen-bond acceptors (Lipinski definition) is 4. The Morgan fingerprint density at radius 2 is 1.95 bits per heavy atom. The molecule has 4 nitrogen and oxygen atoms in total. The SMILES string of the molecule is CCCNc1cc(Nc2c(Cl)cc(F)cc2Br)nc(C)n1. The number of rotatable bonds is 5. The highest BCUT2D eigenvalue weighted by atomic mass is 79.9. The second kappa shape index (κ2) is 7.04. The van der Waals surface area contributed by atoms with E-state index < -0.39 is 5.82 Å². The van der Waals surface area contributed by atoms with Crippen molar-refractivity contribution in [3.8, 4) is 0 Å². The molecule has 7 heteroatoms. The highest BCUT2D eigenvalue weighted by molar-refractivity contribution is 9.10. The lowest BCUT2D eigenvalue weighted by atomic mass is 10.3. The molecule has 0 radical (unpaired) electrons. The van der Waals surface area contributed by atoms with Crippen LogP contribution in [0.15, 0.2) is 22.7 Å². The summed E-state index contributed by atoms with van der Waals surface area (Å²) in [4.78, 5) is 8.61. The summed E-state index contributed by atoms with van der Waals surface area (Å²) in [6.45, 7) is 4.72. The van der Waals surface area contributed by atoms with Crippen LogP contribution in [0.5, 0.6) is 0 Å². The highest BCUT2D eigenvalue weighted by Gasteiger charge is 2.10. The van der Waals surface area contributed by atoms with Crippen LogP contribution in [0.3, 0.4) is 0 Å². The van der Waals surface area contributed by atoms with Gasteiger partial charge in [0.05, 0.1) is 10.7 Å². The predicted octanol–water partition coefficient (Wildman–Crippen LogP) is 4.91. The normalized spacial score (nSPS) is 10.5. The first-order chi connectivity index (χ1) is 9.99. The van der Waals surface area contributed by atoms with E-state index in [-0.39, 0.29) is 5.02 Å². The van der Waals surface area contributed by atoms with Crippen molar-refractivity contribution in [1.29, 1.82) is 0 Å². The molecule has 0 spiro atoms. The number of aryl methyl sites for hydroxylation is 1. The summed E-state index contributed by atoms with van der Waals surface area (Å²) in [7, 11) is 0. The Labute approximate surface area is 136 Å². The summed E-state index contributed by atoms with van der Waals surface area (Å²) >= 11 is 9.34. The number of nitrogens with one attached hydrogen (secondary N) is 2. The lowest BCUT2D eigenvalue weighted by Crippen LogP contribution is -2.06. The highest BCUT2D eigenvalue weighted by Crippen LogP contribution is 2.33.